The van der Waals surface area contributed by atoms with Crippen molar-refractivity contribution in [1.29, 1.82) is 0 Å². The fraction of sp³-hybridized carbons (Fsp3) is 0.667. The third-order valence-electron chi connectivity index (χ3n) is 9.40. The van der Waals surface area contributed by atoms with Crippen LogP contribution >= 0.6 is 0 Å². The lowest BCUT2D eigenvalue weighted by Gasteiger charge is -2.22. The van der Waals surface area contributed by atoms with Crippen molar-refractivity contribution in [2.75, 3.05) is 171 Å². The van der Waals surface area contributed by atoms with Gasteiger partial charge in [-0.2, -0.15) is 0 Å². The van der Waals surface area contributed by atoms with Crippen LogP contribution in [0.3, 0.4) is 0 Å². The highest BCUT2D eigenvalue weighted by Gasteiger charge is 2.28. The molecule has 394 valence electrons. The number of amidine groups is 1. The summed E-state index contributed by atoms with van der Waals surface area (Å²) in [6.45, 7) is 11.0. The van der Waals surface area contributed by atoms with E-state index in [0.29, 0.717) is 162 Å². The Kier molecular flexibility index (Phi) is 32.8. The smallest absolute Gasteiger partial charge is 0.314 e. The number of carbonyl (C=O) groups excluding carboxylic acids is 5. The van der Waals surface area contributed by atoms with E-state index in [1.54, 1.807) is 24.5 Å². The molecule has 3 heterocycles. The molecule has 2 aliphatic heterocycles. The number of rotatable bonds is 43. The highest BCUT2D eigenvalue weighted by molar-refractivity contribution is 6.13. The fourth-order valence-corrected chi connectivity index (χ4v) is 5.93. The maximum Gasteiger partial charge on any atom is 0.314 e. The van der Waals surface area contributed by atoms with E-state index in [1.165, 1.54) is 5.06 Å². The molecule has 0 aliphatic carbocycles. The van der Waals surface area contributed by atoms with E-state index in [9.17, 15) is 24.0 Å². The summed E-state index contributed by atoms with van der Waals surface area (Å²) in [5, 5.41) is 9.30. The first-order chi connectivity index (χ1) is 34.2. The van der Waals surface area contributed by atoms with Crippen LogP contribution in [-0.4, -0.2) is 228 Å². The number of nitrogens with one attached hydrogen (secondary N) is 3. The van der Waals surface area contributed by atoms with Crippen LogP contribution in [-0.2, 0) is 71.4 Å². The van der Waals surface area contributed by atoms with Gasteiger partial charge in [0.25, 0.3) is 17.7 Å². The normalized spacial score (nSPS) is 13.7. The van der Waals surface area contributed by atoms with Gasteiger partial charge >= 0.3 is 6.03 Å². The molecule has 70 heavy (non-hydrogen) atoms. The van der Waals surface area contributed by atoms with Crippen LogP contribution in [0, 0.1) is 0 Å². The summed E-state index contributed by atoms with van der Waals surface area (Å²) in [5.41, 5.74) is 13.6. The van der Waals surface area contributed by atoms with E-state index in [-0.39, 0.29) is 51.2 Å². The molecule has 0 radical (unpaired) electrons. The van der Waals surface area contributed by atoms with Gasteiger partial charge < -0.3 is 74.8 Å². The molecule has 0 saturated heterocycles. The predicted molar refractivity (Wildman–Crippen MR) is 253 cm³/mol. The summed E-state index contributed by atoms with van der Waals surface area (Å²) in [6.07, 6.45) is 8.11. The minimum Gasteiger partial charge on any atom is -0.387 e. The van der Waals surface area contributed by atoms with Crippen LogP contribution in [0.15, 0.2) is 41.2 Å². The molecular formula is C45H73N9O16. The van der Waals surface area contributed by atoms with Gasteiger partial charge in [-0.25, -0.2) is 14.9 Å². The van der Waals surface area contributed by atoms with E-state index < -0.39 is 23.8 Å². The number of amides is 6. The number of nitrogens with two attached hydrogens (primary N) is 2. The van der Waals surface area contributed by atoms with Crippen LogP contribution in [0.2, 0.25) is 0 Å². The SMILES string of the molecule is CCCN(OCCNC(=O)NCCOCCOCCOCCOCCOCCOCCOCCOCCOCCOCCNC(=O)[C@@H](N)CN1C(=O)C=CC1=O)C(=O)C1=Cc2ccncc2N=C(N)C1. The van der Waals surface area contributed by atoms with E-state index in [1.807, 2.05) is 6.92 Å². The predicted octanol–water partition coefficient (Wildman–Crippen LogP) is -1.14. The van der Waals surface area contributed by atoms with Crippen molar-refractivity contribution in [1.82, 2.24) is 30.9 Å². The van der Waals surface area contributed by atoms with Crippen molar-refractivity contribution in [2.45, 2.75) is 25.8 Å². The molecule has 6 amide bonds. The Balaban J connectivity index is 0.958. The minimum atomic E-state index is -1.02. The van der Waals surface area contributed by atoms with Gasteiger partial charge in [-0.3, -0.25) is 33.9 Å². The second-order valence-electron chi connectivity index (χ2n) is 14.9. The second-order valence-corrected chi connectivity index (χ2v) is 14.9. The molecule has 0 saturated carbocycles. The van der Waals surface area contributed by atoms with Gasteiger partial charge in [-0.05, 0) is 18.6 Å². The number of nitrogens with zero attached hydrogens (tertiary/aromatic N) is 4. The maximum absolute atomic E-state index is 13.3. The van der Waals surface area contributed by atoms with E-state index >= 15 is 0 Å². The molecule has 25 nitrogen and oxygen atoms in total. The average molecular weight is 996 g/mol. The Morgan fingerprint density at radius 2 is 1.09 bits per heavy atom. The Morgan fingerprint density at radius 3 is 1.54 bits per heavy atom. The molecule has 7 N–H and O–H groups in total. The molecule has 1 atom stereocenters. The molecule has 25 heteroatoms. The zero-order valence-electron chi connectivity index (χ0n) is 40.3. The van der Waals surface area contributed by atoms with Crippen LogP contribution in [0.25, 0.3) is 6.08 Å². The van der Waals surface area contributed by atoms with Crippen molar-refractivity contribution in [3.05, 3.63) is 41.7 Å². The van der Waals surface area contributed by atoms with Crippen molar-refractivity contribution < 1.29 is 76.2 Å². The summed E-state index contributed by atoms with van der Waals surface area (Å²) in [5.74, 6) is -1.46. The highest BCUT2D eigenvalue weighted by atomic mass is 16.7. The summed E-state index contributed by atoms with van der Waals surface area (Å²) >= 11 is 0. The van der Waals surface area contributed by atoms with Gasteiger partial charge in [0.15, 0.2) is 0 Å². The van der Waals surface area contributed by atoms with Gasteiger partial charge in [-0.15, -0.1) is 0 Å². The monoisotopic (exact) mass is 996 g/mol. The van der Waals surface area contributed by atoms with Crippen LogP contribution in [0.5, 0.6) is 0 Å². The number of aliphatic imine (C=N–C) groups is 1. The number of aromatic nitrogens is 1. The first kappa shape index (κ1) is 59.3. The number of hydroxylamine groups is 2. The topological polar surface area (TPSA) is 307 Å². The summed E-state index contributed by atoms with van der Waals surface area (Å²) in [4.78, 5) is 75.6. The number of urea groups is 1. The van der Waals surface area contributed by atoms with Crippen molar-refractivity contribution in [2.24, 2.45) is 16.5 Å². The Morgan fingerprint density at radius 1 is 0.657 bits per heavy atom. The molecule has 1 aromatic rings. The first-order valence-electron chi connectivity index (χ1n) is 23.5. The summed E-state index contributed by atoms with van der Waals surface area (Å²) < 4.78 is 54.8. The lowest BCUT2D eigenvalue weighted by atomic mass is 10.1. The van der Waals surface area contributed by atoms with Crippen molar-refractivity contribution >= 4 is 47.3 Å². The maximum atomic E-state index is 13.3. The van der Waals surface area contributed by atoms with Crippen LogP contribution in [0.1, 0.15) is 25.3 Å². The largest absolute Gasteiger partial charge is 0.387 e. The van der Waals surface area contributed by atoms with Crippen LogP contribution in [0.4, 0.5) is 10.5 Å². The number of pyridine rings is 1. The number of imide groups is 1. The molecule has 0 spiro atoms. The highest BCUT2D eigenvalue weighted by Crippen LogP contribution is 2.26. The first-order valence-corrected chi connectivity index (χ1v) is 23.5. The van der Waals surface area contributed by atoms with Gasteiger partial charge in [0.2, 0.25) is 5.91 Å². The van der Waals surface area contributed by atoms with Gasteiger partial charge in [0.05, 0.1) is 157 Å². The summed E-state index contributed by atoms with van der Waals surface area (Å²) in [7, 11) is 0. The molecule has 0 bridgehead atoms. The van der Waals surface area contributed by atoms with Gasteiger partial charge in [-0.1, -0.05) is 6.92 Å². The molecule has 0 fully saturated rings. The lowest BCUT2D eigenvalue weighted by Crippen LogP contribution is -2.50. The third kappa shape index (κ3) is 27.4. The number of ether oxygens (including phenoxy) is 10. The minimum absolute atomic E-state index is 0.0961. The van der Waals surface area contributed by atoms with Crippen LogP contribution < -0.4 is 27.4 Å². The Labute approximate surface area is 409 Å². The van der Waals surface area contributed by atoms with Gasteiger partial charge in [0.1, 0.15) is 11.9 Å². The van der Waals surface area contributed by atoms with Crippen molar-refractivity contribution in [3.63, 3.8) is 0 Å². The average Bonchev–Trinajstić information content (AvgIpc) is 3.55. The zero-order valence-corrected chi connectivity index (χ0v) is 40.3. The number of carbonyl (C=O) groups is 5. The molecule has 0 aromatic carbocycles. The molecular weight excluding hydrogens is 923 g/mol. The second kappa shape index (κ2) is 38.7. The third-order valence-corrected chi connectivity index (χ3v) is 9.40. The number of fused-ring (bicyclic) bond motifs is 1. The molecule has 0 unspecified atom stereocenters. The quantitative estimate of drug-likeness (QED) is 0.0293. The van der Waals surface area contributed by atoms with E-state index in [4.69, 9.17) is 63.7 Å². The molecule has 1 aromatic heterocycles. The Bertz CT molecular complexity index is 1740. The number of hydrogen-bond acceptors (Lipinski definition) is 20. The summed E-state index contributed by atoms with van der Waals surface area (Å²) in [6, 6.07) is 0.368. The van der Waals surface area contributed by atoms with E-state index in [2.05, 4.69) is 25.9 Å². The lowest BCUT2D eigenvalue weighted by molar-refractivity contribution is -0.181. The fourth-order valence-electron chi connectivity index (χ4n) is 5.93. The molecule has 2 aliphatic rings. The standard InChI is InChI=1S/C45H73N9O16/c1-2-10-54(44(58)37-32-36-5-6-48-34-39(36)52-40(47)33-37)70-13-9-51-45(59)50-8-12-61-15-17-63-19-21-65-23-25-67-27-29-69-31-30-68-28-26-66-24-22-64-20-18-62-16-14-60-11-7-49-43(57)38(46)35-53-41(55)3-4-42(53)56/h3-6,32,34,38H,2,7-31,33,35,46H2,1H3,(H2,47,52)(H,49,57)(H2,50,51,59)/t38-/m0/s1. The van der Waals surface area contributed by atoms with Gasteiger partial charge in [0, 0.05) is 62.1 Å². The van der Waals surface area contributed by atoms with E-state index in [0.717, 1.165) is 22.6 Å². The zero-order chi connectivity index (χ0) is 50.3. The number of hydrogen-bond donors (Lipinski definition) is 5. The van der Waals surface area contributed by atoms with Crippen molar-refractivity contribution in [3.8, 4) is 0 Å². The Hall–Kier alpha value is -5.03. The molecule has 3 rings (SSSR count).